The van der Waals surface area contributed by atoms with Crippen molar-refractivity contribution in [2.45, 2.75) is 32.7 Å². The van der Waals surface area contributed by atoms with Gasteiger partial charge < -0.3 is 9.26 Å². The quantitative estimate of drug-likeness (QED) is 0.730. The second-order valence-corrected chi connectivity index (χ2v) is 4.60. The summed E-state index contributed by atoms with van der Waals surface area (Å²) in [5.41, 5.74) is 0. The number of rotatable bonds is 5. The molecular weight excluding hydrogens is 234 g/mol. The van der Waals surface area contributed by atoms with Crippen LogP contribution in [0.2, 0.25) is 0 Å². The Labute approximate surface area is 106 Å². The number of methoxy groups -OCH3 is 1. The van der Waals surface area contributed by atoms with Crippen LogP contribution < -0.4 is 0 Å². The normalized spacial score (nSPS) is 20.2. The number of aromatic nitrogens is 2. The van der Waals surface area contributed by atoms with Gasteiger partial charge in [-0.15, -0.1) is 0 Å². The molecule has 0 saturated carbocycles. The molecule has 1 fully saturated rings. The van der Waals surface area contributed by atoms with Crippen LogP contribution in [0.15, 0.2) is 4.52 Å². The number of esters is 1. The maximum Gasteiger partial charge on any atom is 0.310 e. The third-order valence-electron chi connectivity index (χ3n) is 3.15. The Morgan fingerprint density at radius 2 is 2.44 bits per heavy atom. The van der Waals surface area contributed by atoms with E-state index in [1.54, 1.807) is 0 Å². The fraction of sp³-hybridized carbons (Fsp3) is 0.750. The standard InChI is InChI=1S/C12H19N3O3/c1-3-4-11-13-10(14-18-11)8-15-6-5-9(7-15)12(16)17-2/h9H,3-8H2,1-2H3. The summed E-state index contributed by atoms with van der Waals surface area (Å²) in [6.45, 7) is 4.30. The minimum Gasteiger partial charge on any atom is -0.469 e. The molecule has 0 bridgehead atoms. The Kier molecular flexibility index (Phi) is 4.30. The van der Waals surface area contributed by atoms with Crippen LogP contribution in [-0.4, -0.2) is 41.2 Å². The highest BCUT2D eigenvalue weighted by molar-refractivity contribution is 5.72. The van der Waals surface area contributed by atoms with Gasteiger partial charge in [0.25, 0.3) is 0 Å². The van der Waals surface area contributed by atoms with Crippen LogP contribution in [0, 0.1) is 5.92 Å². The highest BCUT2D eigenvalue weighted by Crippen LogP contribution is 2.19. The van der Waals surface area contributed by atoms with Crippen molar-refractivity contribution in [3.63, 3.8) is 0 Å². The van der Waals surface area contributed by atoms with E-state index in [0.717, 1.165) is 25.8 Å². The topological polar surface area (TPSA) is 68.5 Å². The fourth-order valence-corrected chi connectivity index (χ4v) is 2.21. The summed E-state index contributed by atoms with van der Waals surface area (Å²) < 4.78 is 9.88. The van der Waals surface area contributed by atoms with Gasteiger partial charge >= 0.3 is 5.97 Å². The number of carbonyl (C=O) groups excluding carboxylic acids is 1. The van der Waals surface area contributed by atoms with Crippen molar-refractivity contribution < 1.29 is 14.1 Å². The summed E-state index contributed by atoms with van der Waals surface area (Å²) in [7, 11) is 1.43. The lowest BCUT2D eigenvalue weighted by Crippen LogP contribution is -2.24. The number of likely N-dealkylation sites (tertiary alicyclic amines) is 1. The second-order valence-electron chi connectivity index (χ2n) is 4.60. The van der Waals surface area contributed by atoms with E-state index >= 15 is 0 Å². The SMILES string of the molecule is CCCc1nc(CN2CCC(C(=O)OC)C2)no1. The number of hydrogen-bond acceptors (Lipinski definition) is 6. The summed E-state index contributed by atoms with van der Waals surface area (Å²) in [5, 5.41) is 3.94. The highest BCUT2D eigenvalue weighted by Gasteiger charge is 2.29. The van der Waals surface area contributed by atoms with Crippen LogP contribution in [0.25, 0.3) is 0 Å². The Bertz CT molecular complexity index is 405. The molecule has 0 aliphatic carbocycles. The molecule has 0 amide bonds. The van der Waals surface area contributed by atoms with Gasteiger partial charge in [-0.25, -0.2) is 0 Å². The van der Waals surface area contributed by atoms with E-state index < -0.39 is 0 Å². The third-order valence-corrected chi connectivity index (χ3v) is 3.15. The number of ether oxygens (including phenoxy) is 1. The van der Waals surface area contributed by atoms with Crippen molar-refractivity contribution in [3.05, 3.63) is 11.7 Å². The van der Waals surface area contributed by atoms with E-state index in [9.17, 15) is 4.79 Å². The largest absolute Gasteiger partial charge is 0.469 e. The van der Waals surface area contributed by atoms with Crippen LogP contribution in [0.5, 0.6) is 0 Å². The van der Waals surface area contributed by atoms with Gasteiger partial charge in [0.2, 0.25) is 5.89 Å². The Morgan fingerprint density at radius 3 is 3.17 bits per heavy atom. The Morgan fingerprint density at radius 1 is 1.61 bits per heavy atom. The van der Waals surface area contributed by atoms with E-state index in [1.807, 2.05) is 0 Å². The lowest BCUT2D eigenvalue weighted by Gasteiger charge is -2.12. The van der Waals surface area contributed by atoms with Crippen molar-refractivity contribution in [3.8, 4) is 0 Å². The predicted octanol–water partition coefficient (Wildman–Crippen LogP) is 1.02. The summed E-state index contributed by atoms with van der Waals surface area (Å²) >= 11 is 0. The molecule has 2 heterocycles. The van der Waals surface area contributed by atoms with Crippen molar-refractivity contribution in [1.29, 1.82) is 0 Å². The lowest BCUT2D eigenvalue weighted by atomic mass is 10.1. The highest BCUT2D eigenvalue weighted by atomic mass is 16.5. The minimum atomic E-state index is -0.128. The summed E-state index contributed by atoms with van der Waals surface area (Å²) in [6, 6.07) is 0. The van der Waals surface area contributed by atoms with Gasteiger partial charge in [-0.2, -0.15) is 4.98 Å². The second kappa shape index (κ2) is 5.95. The van der Waals surface area contributed by atoms with E-state index in [1.165, 1.54) is 7.11 Å². The van der Waals surface area contributed by atoms with E-state index in [-0.39, 0.29) is 11.9 Å². The first kappa shape index (κ1) is 13.0. The number of nitrogens with zero attached hydrogens (tertiary/aromatic N) is 3. The lowest BCUT2D eigenvalue weighted by molar-refractivity contribution is -0.144. The van der Waals surface area contributed by atoms with E-state index in [4.69, 9.17) is 9.26 Å². The van der Waals surface area contributed by atoms with Crippen molar-refractivity contribution in [2.24, 2.45) is 5.92 Å². The molecule has 1 aromatic heterocycles. The molecule has 1 aliphatic heterocycles. The molecule has 1 atom stereocenters. The van der Waals surface area contributed by atoms with Crippen molar-refractivity contribution in [1.82, 2.24) is 15.0 Å². The maximum atomic E-state index is 11.4. The van der Waals surface area contributed by atoms with Crippen molar-refractivity contribution in [2.75, 3.05) is 20.2 Å². The maximum absolute atomic E-state index is 11.4. The van der Waals surface area contributed by atoms with Gasteiger partial charge in [-0.3, -0.25) is 9.69 Å². The van der Waals surface area contributed by atoms with Gasteiger partial charge in [-0.05, 0) is 19.4 Å². The molecule has 0 radical (unpaired) electrons. The van der Waals surface area contributed by atoms with Crippen LogP contribution in [0.3, 0.4) is 0 Å². The predicted molar refractivity (Wildman–Crippen MR) is 63.7 cm³/mol. The summed E-state index contributed by atoms with van der Waals surface area (Å²) in [4.78, 5) is 17.9. The molecule has 1 aromatic rings. The summed E-state index contributed by atoms with van der Waals surface area (Å²) in [6.07, 6.45) is 2.65. The first-order valence-corrected chi connectivity index (χ1v) is 6.34. The molecular formula is C12H19N3O3. The van der Waals surface area contributed by atoms with Crippen molar-refractivity contribution >= 4 is 5.97 Å². The molecule has 1 unspecified atom stereocenters. The first-order chi connectivity index (χ1) is 8.72. The molecule has 100 valence electrons. The number of aryl methyl sites for hydroxylation is 1. The molecule has 1 saturated heterocycles. The van der Waals surface area contributed by atoms with Crippen LogP contribution >= 0.6 is 0 Å². The number of hydrogen-bond donors (Lipinski definition) is 0. The Balaban J connectivity index is 1.85. The molecule has 6 heteroatoms. The van der Waals surface area contributed by atoms with Crippen LogP contribution in [0.4, 0.5) is 0 Å². The minimum absolute atomic E-state index is 0.0167. The molecule has 6 nitrogen and oxygen atoms in total. The van der Waals surface area contributed by atoms with Gasteiger partial charge in [-0.1, -0.05) is 12.1 Å². The monoisotopic (exact) mass is 253 g/mol. The molecule has 0 spiro atoms. The van der Waals surface area contributed by atoms with Gasteiger partial charge in [0.15, 0.2) is 5.82 Å². The van der Waals surface area contributed by atoms with E-state index in [0.29, 0.717) is 24.8 Å². The van der Waals surface area contributed by atoms with Gasteiger partial charge in [0.05, 0.1) is 19.6 Å². The van der Waals surface area contributed by atoms with E-state index in [2.05, 4.69) is 22.0 Å². The smallest absolute Gasteiger partial charge is 0.310 e. The zero-order valence-corrected chi connectivity index (χ0v) is 10.9. The Hall–Kier alpha value is -1.43. The molecule has 1 aliphatic rings. The zero-order chi connectivity index (χ0) is 13.0. The molecule has 2 rings (SSSR count). The average molecular weight is 253 g/mol. The molecule has 0 N–H and O–H groups in total. The average Bonchev–Trinajstić information content (AvgIpc) is 2.99. The van der Waals surface area contributed by atoms with Gasteiger partial charge in [0, 0.05) is 13.0 Å². The molecule has 18 heavy (non-hydrogen) atoms. The summed E-state index contributed by atoms with van der Waals surface area (Å²) in [5.74, 6) is 1.24. The number of carbonyl (C=O) groups is 1. The third kappa shape index (κ3) is 3.07. The zero-order valence-electron chi connectivity index (χ0n) is 10.9. The van der Waals surface area contributed by atoms with Crippen LogP contribution in [0.1, 0.15) is 31.5 Å². The van der Waals surface area contributed by atoms with Crippen LogP contribution in [-0.2, 0) is 22.5 Å². The molecule has 0 aromatic carbocycles. The fourth-order valence-electron chi connectivity index (χ4n) is 2.21. The van der Waals surface area contributed by atoms with Gasteiger partial charge in [0.1, 0.15) is 0 Å². The first-order valence-electron chi connectivity index (χ1n) is 6.34.